The maximum atomic E-state index is 12.0. The van der Waals surface area contributed by atoms with Gasteiger partial charge in [0, 0.05) is 11.1 Å². The number of aromatic nitrogens is 2. The zero-order valence-corrected chi connectivity index (χ0v) is 10.4. The fourth-order valence-corrected chi connectivity index (χ4v) is 2.06. The molecule has 1 aromatic heterocycles. The van der Waals surface area contributed by atoms with Crippen LogP contribution >= 0.6 is 0 Å². The largest absolute Gasteiger partial charge is 0.327 e. The van der Waals surface area contributed by atoms with Crippen molar-refractivity contribution in [3.63, 3.8) is 0 Å². The zero-order valence-electron chi connectivity index (χ0n) is 10.4. The highest BCUT2D eigenvalue weighted by Crippen LogP contribution is 2.22. The van der Waals surface area contributed by atoms with Crippen molar-refractivity contribution in [1.29, 1.82) is 0 Å². The molecule has 0 atom stereocenters. The second-order valence-corrected chi connectivity index (χ2v) is 5.65. The van der Waals surface area contributed by atoms with Crippen LogP contribution in [-0.4, -0.2) is 15.3 Å². The molecule has 3 heteroatoms. The first-order valence-electron chi connectivity index (χ1n) is 6.04. The molecule has 1 aromatic rings. The van der Waals surface area contributed by atoms with Gasteiger partial charge in [-0.3, -0.25) is 4.79 Å². The normalized spacial score (nSPS) is 15.9. The van der Waals surface area contributed by atoms with Crippen molar-refractivity contribution >= 4 is 5.78 Å². The Bertz CT molecular complexity index is 399. The first kappa shape index (κ1) is 11.4. The second kappa shape index (κ2) is 4.04. The number of carbonyl (C=O) groups is 1. The first-order chi connectivity index (χ1) is 7.48. The van der Waals surface area contributed by atoms with E-state index in [1.165, 1.54) is 24.2 Å². The lowest BCUT2D eigenvalue weighted by Crippen LogP contribution is -2.25. The van der Waals surface area contributed by atoms with Crippen LogP contribution in [0.4, 0.5) is 0 Å². The van der Waals surface area contributed by atoms with E-state index in [0.29, 0.717) is 6.54 Å². The Morgan fingerprint density at radius 1 is 1.38 bits per heavy atom. The van der Waals surface area contributed by atoms with E-state index in [4.69, 9.17) is 0 Å². The van der Waals surface area contributed by atoms with Gasteiger partial charge in [-0.15, -0.1) is 0 Å². The zero-order chi connectivity index (χ0) is 11.8. The molecule has 0 N–H and O–H groups in total. The van der Waals surface area contributed by atoms with Crippen LogP contribution in [0.15, 0.2) is 6.33 Å². The number of hydrogen-bond acceptors (Lipinski definition) is 2. The van der Waals surface area contributed by atoms with Crippen LogP contribution in [0, 0.1) is 5.41 Å². The molecule has 0 unspecified atom stereocenters. The summed E-state index contributed by atoms with van der Waals surface area (Å²) in [4.78, 5) is 16.4. The summed E-state index contributed by atoms with van der Waals surface area (Å²) in [5.41, 5.74) is 2.23. The predicted octanol–water partition coefficient (Wildman–Crippen LogP) is 2.38. The minimum atomic E-state index is -0.258. The van der Waals surface area contributed by atoms with Gasteiger partial charge in [-0.25, -0.2) is 4.98 Å². The Kier molecular flexibility index (Phi) is 2.87. The average molecular weight is 220 g/mol. The molecular formula is C13H20N2O. The molecule has 1 aliphatic carbocycles. The number of rotatable bonds is 2. The van der Waals surface area contributed by atoms with Gasteiger partial charge in [0.1, 0.15) is 0 Å². The third kappa shape index (κ3) is 2.18. The number of carbonyl (C=O) groups excluding carboxylic acids is 1. The summed E-state index contributed by atoms with van der Waals surface area (Å²) in [5, 5.41) is 0. The molecule has 0 fully saturated rings. The molecule has 3 nitrogen and oxygen atoms in total. The number of nitrogens with zero attached hydrogens (tertiary/aromatic N) is 2. The van der Waals surface area contributed by atoms with Crippen LogP contribution in [0.1, 0.15) is 45.0 Å². The van der Waals surface area contributed by atoms with Crippen LogP contribution < -0.4 is 0 Å². The van der Waals surface area contributed by atoms with E-state index in [2.05, 4.69) is 4.98 Å². The SMILES string of the molecule is CC(C)(C)C(=O)Cn1cnc2c1CCCC2. The van der Waals surface area contributed by atoms with Gasteiger partial charge in [0.15, 0.2) is 5.78 Å². The molecule has 1 heterocycles. The maximum absolute atomic E-state index is 12.0. The Morgan fingerprint density at radius 2 is 2.06 bits per heavy atom. The third-order valence-corrected chi connectivity index (χ3v) is 3.26. The summed E-state index contributed by atoms with van der Waals surface area (Å²) in [7, 11) is 0. The predicted molar refractivity (Wildman–Crippen MR) is 63.3 cm³/mol. The fraction of sp³-hybridized carbons (Fsp3) is 0.692. The lowest BCUT2D eigenvalue weighted by molar-refractivity contribution is -0.126. The quantitative estimate of drug-likeness (QED) is 0.767. The van der Waals surface area contributed by atoms with E-state index < -0.39 is 0 Å². The Balaban J connectivity index is 2.16. The van der Waals surface area contributed by atoms with E-state index in [1.54, 1.807) is 0 Å². The summed E-state index contributed by atoms with van der Waals surface area (Å²) in [6.07, 6.45) is 6.44. The summed E-state index contributed by atoms with van der Waals surface area (Å²) < 4.78 is 2.04. The van der Waals surface area contributed by atoms with E-state index in [0.717, 1.165) is 12.8 Å². The van der Waals surface area contributed by atoms with Gasteiger partial charge in [0.25, 0.3) is 0 Å². The minimum absolute atomic E-state index is 0.258. The van der Waals surface area contributed by atoms with Gasteiger partial charge in [0.05, 0.1) is 18.6 Å². The molecule has 0 aromatic carbocycles. The molecule has 0 saturated carbocycles. The topological polar surface area (TPSA) is 34.9 Å². The van der Waals surface area contributed by atoms with Gasteiger partial charge in [-0.2, -0.15) is 0 Å². The third-order valence-electron chi connectivity index (χ3n) is 3.26. The minimum Gasteiger partial charge on any atom is -0.327 e. The van der Waals surface area contributed by atoms with Crippen LogP contribution in [-0.2, 0) is 24.2 Å². The van der Waals surface area contributed by atoms with Crippen molar-refractivity contribution in [2.24, 2.45) is 5.41 Å². The number of imidazole rings is 1. The van der Waals surface area contributed by atoms with Crippen LogP contribution in [0.5, 0.6) is 0 Å². The smallest absolute Gasteiger partial charge is 0.157 e. The number of Topliss-reactive ketones (excluding diaryl/α,β-unsaturated/α-hetero) is 1. The van der Waals surface area contributed by atoms with Gasteiger partial charge in [0.2, 0.25) is 0 Å². The standard InChI is InChI=1S/C13H20N2O/c1-13(2,3)12(16)8-15-9-14-10-6-4-5-7-11(10)15/h9H,4-8H2,1-3H3. The van der Waals surface area contributed by atoms with Gasteiger partial charge in [-0.05, 0) is 25.7 Å². The number of aryl methyl sites for hydroxylation is 1. The highest BCUT2D eigenvalue weighted by molar-refractivity contribution is 5.83. The summed E-state index contributed by atoms with van der Waals surface area (Å²) >= 11 is 0. The van der Waals surface area contributed by atoms with Gasteiger partial charge in [-0.1, -0.05) is 20.8 Å². The van der Waals surface area contributed by atoms with Gasteiger partial charge >= 0.3 is 0 Å². The Labute approximate surface area is 96.9 Å². The van der Waals surface area contributed by atoms with Crippen LogP contribution in [0.3, 0.4) is 0 Å². The Morgan fingerprint density at radius 3 is 2.75 bits per heavy atom. The maximum Gasteiger partial charge on any atom is 0.157 e. The Hall–Kier alpha value is -1.12. The molecule has 0 bridgehead atoms. The molecule has 16 heavy (non-hydrogen) atoms. The monoisotopic (exact) mass is 220 g/mol. The molecule has 2 rings (SSSR count). The van der Waals surface area contributed by atoms with E-state index in [-0.39, 0.29) is 11.2 Å². The van der Waals surface area contributed by atoms with Crippen molar-refractivity contribution in [3.8, 4) is 0 Å². The van der Waals surface area contributed by atoms with E-state index in [9.17, 15) is 4.79 Å². The van der Waals surface area contributed by atoms with Crippen molar-refractivity contribution in [1.82, 2.24) is 9.55 Å². The molecule has 0 aliphatic heterocycles. The average Bonchev–Trinajstić information content (AvgIpc) is 2.61. The molecule has 1 aliphatic rings. The molecular weight excluding hydrogens is 200 g/mol. The van der Waals surface area contributed by atoms with E-state index in [1.807, 2.05) is 31.7 Å². The van der Waals surface area contributed by atoms with E-state index >= 15 is 0 Å². The van der Waals surface area contributed by atoms with Crippen LogP contribution in [0.25, 0.3) is 0 Å². The van der Waals surface area contributed by atoms with Crippen molar-refractivity contribution in [2.45, 2.75) is 53.0 Å². The fourth-order valence-electron chi connectivity index (χ4n) is 2.06. The molecule has 0 radical (unpaired) electrons. The highest BCUT2D eigenvalue weighted by atomic mass is 16.1. The number of fused-ring (bicyclic) bond motifs is 1. The van der Waals surface area contributed by atoms with Crippen molar-refractivity contribution < 1.29 is 4.79 Å². The molecule has 0 amide bonds. The van der Waals surface area contributed by atoms with Crippen molar-refractivity contribution in [2.75, 3.05) is 0 Å². The molecule has 88 valence electrons. The number of ketones is 1. The second-order valence-electron chi connectivity index (χ2n) is 5.65. The van der Waals surface area contributed by atoms with Gasteiger partial charge < -0.3 is 4.57 Å². The summed E-state index contributed by atoms with van der Waals surface area (Å²) in [6.45, 7) is 6.39. The van der Waals surface area contributed by atoms with Crippen LogP contribution in [0.2, 0.25) is 0 Å². The molecule has 0 saturated heterocycles. The lowest BCUT2D eigenvalue weighted by Gasteiger charge is -2.19. The summed E-state index contributed by atoms with van der Waals surface area (Å²) in [5.74, 6) is 0.276. The number of hydrogen-bond donors (Lipinski definition) is 0. The summed E-state index contributed by atoms with van der Waals surface area (Å²) in [6, 6.07) is 0. The lowest BCUT2D eigenvalue weighted by atomic mass is 9.90. The van der Waals surface area contributed by atoms with Crippen molar-refractivity contribution in [3.05, 3.63) is 17.7 Å². The first-order valence-corrected chi connectivity index (χ1v) is 6.04. The molecule has 0 spiro atoms. The highest BCUT2D eigenvalue weighted by Gasteiger charge is 2.23.